The normalized spacial score (nSPS) is 10.6. The molecule has 2 aromatic carbocycles. The molecule has 110 valence electrons. The number of hydrogen-bond acceptors (Lipinski definition) is 4. The van der Waals surface area contributed by atoms with E-state index in [1.54, 1.807) is 23.7 Å². The summed E-state index contributed by atoms with van der Waals surface area (Å²) >= 11 is 0. The molecule has 0 saturated heterocycles. The van der Waals surface area contributed by atoms with Gasteiger partial charge in [-0.1, -0.05) is 18.2 Å². The summed E-state index contributed by atoms with van der Waals surface area (Å²) in [4.78, 5) is 10.2. The second-order valence-corrected chi connectivity index (χ2v) is 4.79. The minimum absolute atomic E-state index is 0.00506. The molecule has 0 aliphatic carbocycles. The van der Waals surface area contributed by atoms with Crippen molar-refractivity contribution in [3.63, 3.8) is 0 Å². The van der Waals surface area contributed by atoms with Gasteiger partial charge < -0.3 is 9.52 Å². The smallest absolute Gasteiger partial charge is 0.383 e. The Balaban J connectivity index is 2.08. The highest BCUT2D eigenvalue weighted by Crippen LogP contribution is 2.31. The van der Waals surface area contributed by atoms with Crippen LogP contribution < -0.4 is 4.57 Å². The molecule has 6 heteroatoms. The Morgan fingerprint density at radius 2 is 1.68 bits per heavy atom. The highest BCUT2D eigenvalue weighted by atomic mass is 16.6. The molecule has 1 heterocycles. The van der Waals surface area contributed by atoms with Crippen LogP contribution in [0.4, 0.5) is 5.69 Å². The van der Waals surface area contributed by atoms with E-state index in [9.17, 15) is 15.2 Å². The lowest BCUT2D eigenvalue weighted by atomic mass is 10.1. The summed E-state index contributed by atoms with van der Waals surface area (Å²) in [6.07, 6.45) is 0. The molecule has 0 unspecified atom stereocenters. The van der Waals surface area contributed by atoms with E-state index in [0.717, 1.165) is 5.56 Å². The van der Waals surface area contributed by atoms with Crippen molar-refractivity contribution in [1.29, 1.82) is 0 Å². The maximum atomic E-state index is 10.7. The van der Waals surface area contributed by atoms with E-state index >= 15 is 0 Å². The summed E-state index contributed by atoms with van der Waals surface area (Å²) in [6, 6.07) is 15.3. The average molecular weight is 297 g/mol. The van der Waals surface area contributed by atoms with Crippen LogP contribution in [0.15, 0.2) is 59.0 Å². The molecule has 6 nitrogen and oxygen atoms in total. The van der Waals surface area contributed by atoms with Crippen molar-refractivity contribution in [3.05, 3.63) is 64.7 Å². The minimum atomic E-state index is -0.460. The minimum Gasteiger partial charge on any atom is -0.476 e. The lowest BCUT2D eigenvalue weighted by Crippen LogP contribution is -2.30. The van der Waals surface area contributed by atoms with Gasteiger partial charge in [0.15, 0.2) is 0 Å². The number of non-ortho nitro benzene ring substituents is 1. The fraction of sp³-hybridized carbons (Fsp3) is 0.0625. The number of benzene rings is 2. The van der Waals surface area contributed by atoms with Gasteiger partial charge in [-0.15, -0.1) is 0 Å². The number of nitro groups is 1. The van der Waals surface area contributed by atoms with E-state index < -0.39 is 4.92 Å². The average Bonchev–Trinajstić information content (AvgIpc) is 2.83. The monoisotopic (exact) mass is 297 g/mol. The molecule has 0 spiro atoms. The molecule has 0 amide bonds. The van der Waals surface area contributed by atoms with Crippen LogP contribution in [0.5, 0.6) is 5.95 Å². The first-order valence-corrected chi connectivity index (χ1v) is 6.60. The van der Waals surface area contributed by atoms with Crippen molar-refractivity contribution in [1.82, 2.24) is 0 Å². The zero-order chi connectivity index (χ0) is 15.7. The zero-order valence-electron chi connectivity index (χ0n) is 11.8. The standard InChI is InChI=1S/C16H12N2O4/c1-17-14(11-5-3-2-4-6-11)16(19)22-15(17)12-7-9-13(10-8-12)18(20)21/h2-10H,1H3/p+1. The van der Waals surface area contributed by atoms with Gasteiger partial charge in [0, 0.05) is 12.1 Å². The van der Waals surface area contributed by atoms with Gasteiger partial charge in [0.25, 0.3) is 11.4 Å². The first-order chi connectivity index (χ1) is 10.6. The van der Waals surface area contributed by atoms with Crippen LogP contribution in [0.25, 0.3) is 22.7 Å². The maximum absolute atomic E-state index is 10.7. The van der Waals surface area contributed by atoms with Crippen molar-refractivity contribution < 1.29 is 19.0 Å². The number of nitro benzene ring substituents is 1. The molecule has 0 aliphatic rings. The Labute approximate surface area is 126 Å². The highest BCUT2D eigenvalue weighted by Gasteiger charge is 2.28. The quantitative estimate of drug-likeness (QED) is 0.457. The second kappa shape index (κ2) is 5.33. The van der Waals surface area contributed by atoms with Gasteiger partial charge in [0.1, 0.15) is 7.05 Å². The molecule has 0 radical (unpaired) electrons. The van der Waals surface area contributed by atoms with Gasteiger partial charge >= 0.3 is 11.8 Å². The van der Waals surface area contributed by atoms with Gasteiger partial charge in [-0.3, -0.25) is 10.1 Å². The number of oxazole rings is 1. The van der Waals surface area contributed by atoms with Crippen molar-refractivity contribution in [2.45, 2.75) is 0 Å². The Morgan fingerprint density at radius 1 is 1.05 bits per heavy atom. The Hall–Kier alpha value is -3.15. The van der Waals surface area contributed by atoms with Gasteiger partial charge in [0.05, 0.1) is 16.1 Å². The lowest BCUT2D eigenvalue weighted by molar-refractivity contribution is -0.652. The van der Waals surface area contributed by atoms with Crippen LogP contribution in [0.1, 0.15) is 0 Å². The van der Waals surface area contributed by atoms with Crippen LogP contribution in [0, 0.1) is 10.1 Å². The molecule has 1 N–H and O–H groups in total. The molecule has 0 atom stereocenters. The van der Waals surface area contributed by atoms with Crippen molar-refractivity contribution in [2.75, 3.05) is 0 Å². The summed E-state index contributed by atoms with van der Waals surface area (Å²) in [5.41, 5.74) is 2.02. The van der Waals surface area contributed by atoms with E-state index in [4.69, 9.17) is 4.42 Å². The summed E-state index contributed by atoms with van der Waals surface area (Å²) < 4.78 is 7.15. The number of aromatic hydroxyl groups is 1. The summed E-state index contributed by atoms with van der Waals surface area (Å²) in [5.74, 6) is 0.230. The zero-order valence-corrected chi connectivity index (χ0v) is 11.8. The molecular weight excluding hydrogens is 284 g/mol. The van der Waals surface area contributed by atoms with E-state index in [1.807, 2.05) is 30.3 Å². The Kier molecular flexibility index (Phi) is 3.34. The third-order valence-electron chi connectivity index (χ3n) is 3.41. The van der Waals surface area contributed by atoms with E-state index in [-0.39, 0.29) is 11.6 Å². The summed E-state index contributed by atoms with van der Waals surface area (Å²) in [5, 5.41) is 20.8. The molecule has 0 saturated carbocycles. The first-order valence-electron chi connectivity index (χ1n) is 6.60. The van der Waals surface area contributed by atoms with Crippen LogP contribution >= 0.6 is 0 Å². The molecule has 3 rings (SSSR count). The molecule has 0 bridgehead atoms. The molecular formula is C16H13N2O4+. The Morgan fingerprint density at radius 3 is 2.27 bits per heavy atom. The van der Waals surface area contributed by atoms with Crippen LogP contribution in [0.3, 0.4) is 0 Å². The van der Waals surface area contributed by atoms with Crippen molar-refractivity contribution >= 4 is 5.69 Å². The van der Waals surface area contributed by atoms with Crippen molar-refractivity contribution in [2.24, 2.45) is 7.05 Å². The molecule has 0 aliphatic heterocycles. The number of nitrogens with zero attached hydrogens (tertiary/aromatic N) is 2. The maximum Gasteiger partial charge on any atom is 0.383 e. The molecule has 3 aromatic rings. The highest BCUT2D eigenvalue weighted by molar-refractivity contribution is 5.63. The summed E-state index contributed by atoms with van der Waals surface area (Å²) in [7, 11) is 1.77. The van der Waals surface area contributed by atoms with E-state index in [1.165, 1.54) is 12.1 Å². The molecule has 0 fully saturated rings. The number of rotatable bonds is 3. The Bertz CT molecular complexity index is 823. The third kappa shape index (κ3) is 2.31. The third-order valence-corrected chi connectivity index (χ3v) is 3.41. The van der Waals surface area contributed by atoms with Crippen LogP contribution in [0.2, 0.25) is 0 Å². The van der Waals surface area contributed by atoms with Gasteiger partial charge in [-0.25, -0.2) is 0 Å². The van der Waals surface area contributed by atoms with Gasteiger partial charge in [-0.05, 0) is 24.3 Å². The van der Waals surface area contributed by atoms with Gasteiger partial charge in [-0.2, -0.15) is 4.57 Å². The van der Waals surface area contributed by atoms with E-state index in [0.29, 0.717) is 17.1 Å². The lowest BCUT2D eigenvalue weighted by Gasteiger charge is -1.95. The fourth-order valence-electron chi connectivity index (χ4n) is 2.34. The van der Waals surface area contributed by atoms with Gasteiger partial charge in [0.2, 0.25) is 0 Å². The van der Waals surface area contributed by atoms with Crippen LogP contribution in [-0.4, -0.2) is 10.0 Å². The van der Waals surface area contributed by atoms with E-state index in [2.05, 4.69) is 0 Å². The molecule has 22 heavy (non-hydrogen) atoms. The topological polar surface area (TPSA) is 80.4 Å². The fourth-order valence-corrected chi connectivity index (χ4v) is 2.34. The van der Waals surface area contributed by atoms with Crippen molar-refractivity contribution in [3.8, 4) is 28.7 Å². The first kappa shape index (κ1) is 13.8. The number of aromatic nitrogens is 1. The van der Waals surface area contributed by atoms with Crippen LogP contribution in [-0.2, 0) is 7.05 Å². The summed E-state index contributed by atoms with van der Waals surface area (Å²) in [6.45, 7) is 0. The largest absolute Gasteiger partial charge is 0.476 e. The predicted molar refractivity (Wildman–Crippen MR) is 79.1 cm³/mol. The second-order valence-electron chi connectivity index (χ2n) is 4.79. The predicted octanol–water partition coefficient (Wildman–Crippen LogP) is 3.05. The number of hydrogen-bond donors (Lipinski definition) is 1. The SMILES string of the molecule is C[n+]1c(-c2ccc([N+](=O)[O-])cc2)oc(O)c1-c1ccccc1. The molecule has 1 aromatic heterocycles.